The Morgan fingerprint density at radius 2 is 1.94 bits per heavy atom. The molecule has 16 heavy (non-hydrogen) atoms. The van der Waals surface area contributed by atoms with Gasteiger partial charge in [-0.25, -0.2) is 0 Å². The van der Waals surface area contributed by atoms with Crippen LogP contribution in [0, 0.1) is 0 Å². The number of thioether (sulfide) groups is 1. The second-order valence-electron chi connectivity index (χ2n) is 4.65. The summed E-state index contributed by atoms with van der Waals surface area (Å²) in [7, 11) is 0. The quantitative estimate of drug-likeness (QED) is 0.772. The maximum Gasteiger partial charge on any atom is 0.319 e. The SMILES string of the molecule is CC(C)(SCC(=O)NC1CCCC1)C(=O)O. The summed E-state index contributed by atoms with van der Waals surface area (Å²) in [5.74, 6) is -0.715. The van der Waals surface area contributed by atoms with E-state index in [2.05, 4.69) is 5.32 Å². The van der Waals surface area contributed by atoms with Crippen molar-refractivity contribution in [2.75, 3.05) is 5.75 Å². The van der Waals surface area contributed by atoms with Crippen molar-refractivity contribution in [3.05, 3.63) is 0 Å². The van der Waals surface area contributed by atoms with Crippen LogP contribution in [0.15, 0.2) is 0 Å². The highest BCUT2D eigenvalue weighted by atomic mass is 32.2. The van der Waals surface area contributed by atoms with Gasteiger partial charge in [0, 0.05) is 6.04 Å². The van der Waals surface area contributed by atoms with Crippen LogP contribution in [0.3, 0.4) is 0 Å². The smallest absolute Gasteiger partial charge is 0.319 e. The molecule has 92 valence electrons. The van der Waals surface area contributed by atoms with Gasteiger partial charge in [0.2, 0.25) is 5.91 Å². The van der Waals surface area contributed by atoms with Gasteiger partial charge in [-0.2, -0.15) is 0 Å². The van der Waals surface area contributed by atoms with Gasteiger partial charge in [0.1, 0.15) is 4.75 Å². The van der Waals surface area contributed by atoms with Gasteiger partial charge in [-0.3, -0.25) is 9.59 Å². The summed E-state index contributed by atoms with van der Waals surface area (Å²) in [6.45, 7) is 3.23. The van der Waals surface area contributed by atoms with Gasteiger partial charge >= 0.3 is 5.97 Å². The number of amides is 1. The van der Waals surface area contributed by atoms with Crippen molar-refractivity contribution in [3.63, 3.8) is 0 Å². The summed E-state index contributed by atoms with van der Waals surface area (Å²) in [4.78, 5) is 22.4. The van der Waals surface area contributed by atoms with Crippen LogP contribution in [0.4, 0.5) is 0 Å². The molecule has 2 N–H and O–H groups in total. The zero-order valence-corrected chi connectivity index (χ0v) is 10.6. The van der Waals surface area contributed by atoms with Crippen LogP contribution < -0.4 is 5.32 Å². The summed E-state index contributed by atoms with van der Waals surface area (Å²) in [6, 6.07) is 0.307. The highest BCUT2D eigenvalue weighted by Crippen LogP contribution is 2.24. The lowest BCUT2D eigenvalue weighted by Crippen LogP contribution is -2.36. The summed E-state index contributed by atoms with van der Waals surface area (Å²) < 4.78 is -0.896. The number of hydrogen-bond donors (Lipinski definition) is 2. The van der Waals surface area contributed by atoms with E-state index in [1.807, 2.05) is 0 Å². The molecule has 1 aliphatic rings. The van der Waals surface area contributed by atoms with Crippen LogP contribution >= 0.6 is 11.8 Å². The van der Waals surface area contributed by atoms with Crippen LogP contribution in [0.1, 0.15) is 39.5 Å². The van der Waals surface area contributed by atoms with E-state index in [0.717, 1.165) is 12.8 Å². The Hall–Kier alpha value is -0.710. The van der Waals surface area contributed by atoms with E-state index in [0.29, 0.717) is 6.04 Å². The lowest BCUT2D eigenvalue weighted by Gasteiger charge is -2.19. The normalized spacial score (nSPS) is 17.4. The molecule has 4 nitrogen and oxygen atoms in total. The topological polar surface area (TPSA) is 66.4 Å². The molecule has 1 saturated carbocycles. The zero-order valence-electron chi connectivity index (χ0n) is 9.78. The number of carbonyl (C=O) groups excluding carboxylic acids is 1. The Kier molecular flexibility index (Phi) is 4.65. The van der Waals surface area contributed by atoms with Gasteiger partial charge in [0.25, 0.3) is 0 Å². The maximum atomic E-state index is 11.5. The predicted octanol–water partition coefficient (Wildman–Crippen LogP) is 1.64. The average Bonchev–Trinajstić information content (AvgIpc) is 2.67. The van der Waals surface area contributed by atoms with Crippen molar-refractivity contribution in [1.82, 2.24) is 5.32 Å². The molecule has 0 radical (unpaired) electrons. The maximum absolute atomic E-state index is 11.5. The second kappa shape index (κ2) is 5.57. The number of aliphatic carboxylic acids is 1. The van der Waals surface area contributed by atoms with Crippen molar-refractivity contribution in [3.8, 4) is 0 Å². The molecule has 0 aromatic carbocycles. The molecule has 0 aromatic rings. The van der Waals surface area contributed by atoms with Crippen LogP contribution in [0.5, 0.6) is 0 Å². The van der Waals surface area contributed by atoms with Crippen molar-refractivity contribution in [2.45, 2.75) is 50.3 Å². The minimum atomic E-state index is -0.896. The van der Waals surface area contributed by atoms with Crippen molar-refractivity contribution in [1.29, 1.82) is 0 Å². The molecule has 0 atom stereocenters. The largest absolute Gasteiger partial charge is 0.480 e. The summed E-state index contributed by atoms with van der Waals surface area (Å²) >= 11 is 1.17. The van der Waals surface area contributed by atoms with E-state index < -0.39 is 10.7 Å². The predicted molar refractivity (Wildman–Crippen MR) is 64.6 cm³/mol. The average molecular weight is 245 g/mol. The standard InChI is InChI=1S/C11H19NO3S/c1-11(2,10(14)15)16-7-9(13)12-8-5-3-4-6-8/h8H,3-7H2,1-2H3,(H,12,13)(H,14,15). The van der Waals surface area contributed by atoms with Gasteiger partial charge in [0.15, 0.2) is 0 Å². The van der Waals surface area contributed by atoms with Crippen LogP contribution in [-0.2, 0) is 9.59 Å². The molecule has 1 fully saturated rings. The van der Waals surface area contributed by atoms with Gasteiger partial charge in [-0.1, -0.05) is 12.8 Å². The van der Waals surface area contributed by atoms with Gasteiger partial charge in [-0.15, -0.1) is 11.8 Å². The van der Waals surface area contributed by atoms with Gasteiger partial charge in [-0.05, 0) is 26.7 Å². The second-order valence-corrected chi connectivity index (χ2v) is 6.25. The molecule has 0 spiro atoms. The number of carboxylic acids is 1. The molecular weight excluding hydrogens is 226 g/mol. The molecule has 0 bridgehead atoms. The van der Waals surface area contributed by atoms with Crippen molar-refractivity contribution in [2.24, 2.45) is 0 Å². The Morgan fingerprint density at radius 1 is 1.38 bits per heavy atom. The number of carbonyl (C=O) groups is 2. The van der Waals surface area contributed by atoms with Gasteiger partial charge < -0.3 is 10.4 Å². The minimum Gasteiger partial charge on any atom is -0.480 e. The molecule has 0 saturated heterocycles. The van der Waals surface area contributed by atoms with E-state index in [-0.39, 0.29) is 11.7 Å². The first-order chi connectivity index (χ1) is 7.42. The number of nitrogens with one attached hydrogen (secondary N) is 1. The first-order valence-corrected chi connectivity index (χ1v) is 6.57. The summed E-state index contributed by atoms with van der Waals surface area (Å²) in [5, 5.41) is 11.8. The van der Waals surface area contributed by atoms with E-state index >= 15 is 0 Å². The molecule has 0 unspecified atom stereocenters. The first kappa shape index (κ1) is 13.4. The Balaban J connectivity index is 2.26. The summed E-state index contributed by atoms with van der Waals surface area (Å²) in [6.07, 6.45) is 4.47. The third kappa shape index (κ3) is 4.04. The third-order valence-corrected chi connectivity index (χ3v) is 4.10. The third-order valence-electron chi connectivity index (χ3n) is 2.80. The minimum absolute atomic E-state index is 0.0498. The number of carboxylic acid groups (broad SMARTS) is 1. The fourth-order valence-electron chi connectivity index (χ4n) is 1.65. The Bertz CT molecular complexity index is 272. The van der Waals surface area contributed by atoms with Crippen LogP contribution in [0.25, 0.3) is 0 Å². The molecule has 1 aliphatic carbocycles. The fraction of sp³-hybridized carbons (Fsp3) is 0.818. The highest BCUT2D eigenvalue weighted by Gasteiger charge is 2.29. The summed E-state index contributed by atoms with van der Waals surface area (Å²) in [5.41, 5.74) is 0. The molecule has 5 heteroatoms. The van der Waals surface area contributed by atoms with E-state index in [1.54, 1.807) is 13.8 Å². The molecule has 0 aromatic heterocycles. The van der Waals surface area contributed by atoms with Crippen molar-refractivity contribution >= 4 is 23.6 Å². The van der Waals surface area contributed by atoms with Crippen LogP contribution in [0.2, 0.25) is 0 Å². The zero-order chi connectivity index (χ0) is 12.2. The number of rotatable bonds is 5. The highest BCUT2D eigenvalue weighted by molar-refractivity contribution is 8.01. The lowest BCUT2D eigenvalue weighted by molar-refractivity contribution is -0.138. The molecule has 1 rings (SSSR count). The number of hydrogen-bond acceptors (Lipinski definition) is 3. The van der Waals surface area contributed by atoms with E-state index in [1.165, 1.54) is 24.6 Å². The van der Waals surface area contributed by atoms with Crippen LogP contribution in [-0.4, -0.2) is 33.5 Å². The Labute approximate surface area is 100 Å². The lowest BCUT2D eigenvalue weighted by atomic mass is 10.2. The molecule has 1 amide bonds. The van der Waals surface area contributed by atoms with E-state index in [9.17, 15) is 9.59 Å². The monoisotopic (exact) mass is 245 g/mol. The molecule has 0 heterocycles. The Morgan fingerprint density at radius 3 is 2.44 bits per heavy atom. The van der Waals surface area contributed by atoms with Crippen molar-refractivity contribution < 1.29 is 14.7 Å². The van der Waals surface area contributed by atoms with E-state index in [4.69, 9.17) is 5.11 Å². The van der Waals surface area contributed by atoms with Gasteiger partial charge in [0.05, 0.1) is 5.75 Å². The molecule has 0 aliphatic heterocycles. The fourth-order valence-corrected chi connectivity index (χ4v) is 2.35. The molecular formula is C11H19NO3S. The first-order valence-electron chi connectivity index (χ1n) is 5.58.